The first-order chi connectivity index (χ1) is 9.38. The van der Waals surface area contributed by atoms with E-state index < -0.39 is 14.8 Å². The average Bonchev–Trinajstić information content (AvgIpc) is 2.88. The van der Waals surface area contributed by atoms with E-state index in [-0.39, 0.29) is 10.6 Å². The van der Waals surface area contributed by atoms with Crippen LogP contribution in [0.25, 0.3) is 0 Å². The lowest BCUT2D eigenvalue weighted by molar-refractivity contribution is -0.385. The third kappa shape index (κ3) is 3.12. The van der Waals surface area contributed by atoms with E-state index in [0.29, 0.717) is 12.2 Å². The summed E-state index contributed by atoms with van der Waals surface area (Å²) < 4.78 is 23.4. The number of sulfone groups is 1. The Balaban J connectivity index is 2.34. The predicted molar refractivity (Wildman–Crippen MR) is 72.1 cm³/mol. The highest BCUT2D eigenvalue weighted by Crippen LogP contribution is 2.26. The van der Waals surface area contributed by atoms with Crippen molar-refractivity contribution in [1.29, 1.82) is 0 Å². The van der Waals surface area contributed by atoms with E-state index >= 15 is 0 Å². The van der Waals surface area contributed by atoms with E-state index in [4.69, 9.17) is 0 Å². The zero-order valence-corrected chi connectivity index (χ0v) is 11.3. The molecule has 9 heteroatoms. The van der Waals surface area contributed by atoms with E-state index in [1.165, 1.54) is 12.1 Å². The number of nitrogens with one attached hydrogen (secondary N) is 2. The minimum atomic E-state index is -3.57. The molecule has 0 spiro atoms. The fourth-order valence-electron chi connectivity index (χ4n) is 1.65. The zero-order chi connectivity index (χ0) is 14.8. The Morgan fingerprint density at radius 1 is 1.40 bits per heavy atom. The SMILES string of the molecule is CS(=O)(=O)c1cc([N+](=O)[O-])ccc1NCc1ccn[nH]1. The van der Waals surface area contributed by atoms with Crippen LogP contribution in [0.1, 0.15) is 5.69 Å². The summed E-state index contributed by atoms with van der Waals surface area (Å²) in [5, 5.41) is 20.1. The van der Waals surface area contributed by atoms with Crippen LogP contribution in [0.15, 0.2) is 35.4 Å². The molecule has 0 fully saturated rings. The normalized spacial score (nSPS) is 11.2. The first-order valence-electron chi connectivity index (χ1n) is 5.58. The van der Waals surface area contributed by atoms with Crippen LogP contribution >= 0.6 is 0 Å². The van der Waals surface area contributed by atoms with Gasteiger partial charge in [-0.3, -0.25) is 15.2 Å². The Labute approximate surface area is 114 Å². The van der Waals surface area contributed by atoms with Crippen molar-refractivity contribution < 1.29 is 13.3 Å². The van der Waals surface area contributed by atoms with Crippen LogP contribution in [0, 0.1) is 10.1 Å². The highest BCUT2D eigenvalue weighted by molar-refractivity contribution is 7.90. The van der Waals surface area contributed by atoms with Gasteiger partial charge < -0.3 is 5.32 Å². The third-order valence-electron chi connectivity index (χ3n) is 2.60. The Kier molecular flexibility index (Phi) is 3.70. The van der Waals surface area contributed by atoms with Gasteiger partial charge in [0.15, 0.2) is 9.84 Å². The van der Waals surface area contributed by atoms with Crippen molar-refractivity contribution in [2.75, 3.05) is 11.6 Å². The summed E-state index contributed by atoms with van der Waals surface area (Å²) in [6, 6.07) is 5.41. The molecular formula is C11H12N4O4S. The molecule has 8 nitrogen and oxygen atoms in total. The monoisotopic (exact) mass is 296 g/mol. The second kappa shape index (κ2) is 5.29. The number of hydrogen-bond donors (Lipinski definition) is 2. The second-order valence-electron chi connectivity index (χ2n) is 4.15. The van der Waals surface area contributed by atoms with Gasteiger partial charge in [0.1, 0.15) is 0 Å². The number of hydrogen-bond acceptors (Lipinski definition) is 6. The third-order valence-corrected chi connectivity index (χ3v) is 3.74. The van der Waals surface area contributed by atoms with Gasteiger partial charge in [-0.2, -0.15) is 5.10 Å². The Morgan fingerprint density at radius 2 is 2.15 bits per heavy atom. The second-order valence-corrected chi connectivity index (χ2v) is 6.13. The fraction of sp³-hybridized carbons (Fsp3) is 0.182. The lowest BCUT2D eigenvalue weighted by Gasteiger charge is -2.09. The molecule has 0 atom stereocenters. The maximum atomic E-state index is 11.7. The molecule has 20 heavy (non-hydrogen) atoms. The number of nitrogens with zero attached hydrogens (tertiary/aromatic N) is 2. The van der Waals surface area contributed by atoms with E-state index in [9.17, 15) is 18.5 Å². The highest BCUT2D eigenvalue weighted by Gasteiger charge is 2.18. The van der Waals surface area contributed by atoms with Crippen molar-refractivity contribution in [3.8, 4) is 0 Å². The molecule has 0 aliphatic rings. The van der Waals surface area contributed by atoms with Crippen LogP contribution in [0.3, 0.4) is 0 Å². The largest absolute Gasteiger partial charge is 0.378 e. The van der Waals surface area contributed by atoms with Crippen molar-refractivity contribution in [2.24, 2.45) is 0 Å². The lowest BCUT2D eigenvalue weighted by Crippen LogP contribution is -2.07. The molecule has 1 aromatic heterocycles. The molecular weight excluding hydrogens is 284 g/mol. The number of anilines is 1. The first kappa shape index (κ1) is 14.0. The maximum absolute atomic E-state index is 11.7. The molecule has 0 radical (unpaired) electrons. The lowest BCUT2D eigenvalue weighted by atomic mass is 10.2. The van der Waals surface area contributed by atoms with Gasteiger partial charge in [-0.05, 0) is 12.1 Å². The summed E-state index contributed by atoms with van der Waals surface area (Å²) in [7, 11) is -3.57. The minimum Gasteiger partial charge on any atom is -0.378 e. The summed E-state index contributed by atoms with van der Waals surface area (Å²) in [6.45, 7) is 0.334. The smallest absolute Gasteiger partial charge is 0.270 e. The van der Waals surface area contributed by atoms with E-state index in [1.54, 1.807) is 12.3 Å². The Morgan fingerprint density at radius 3 is 2.70 bits per heavy atom. The van der Waals surface area contributed by atoms with Crippen molar-refractivity contribution in [3.05, 3.63) is 46.3 Å². The van der Waals surface area contributed by atoms with Crippen LogP contribution in [-0.4, -0.2) is 29.8 Å². The van der Waals surface area contributed by atoms with Crippen molar-refractivity contribution in [1.82, 2.24) is 10.2 Å². The van der Waals surface area contributed by atoms with Crippen LogP contribution in [-0.2, 0) is 16.4 Å². The van der Waals surface area contributed by atoms with E-state index in [1.807, 2.05) is 0 Å². The van der Waals surface area contributed by atoms with Gasteiger partial charge in [0.25, 0.3) is 5.69 Å². The molecule has 0 aliphatic heterocycles. The van der Waals surface area contributed by atoms with Crippen LogP contribution in [0.5, 0.6) is 0 Å². The number of H-pyrrole nitrogens is 1. The summed E-state index contributed by atoms with van der Waals surface area (Å²) in [5.41, 5.74) is 0.813. The number of benzene rings is 1. The molecule has 0 saturated carbocycles. The summed E-state index contributed by atoms with van der Waals surface area (Å²) in [4.78, 5) is 9.98. The van der Waals surface area contributed by atoms with Gasteiger partial charge in [-0.25, -0.2) is 8.42 Å². The molecule has 0 aliphatic carbocycles. The van der Waals surface area contributed by atoms with Gasteiger partial charge in [-0.15, -0.1) is 0 Å². The fourth-order valence-corrected chi connectivity index (χ4v) is 2.53. The standard InChI is InChI=1S/C11H12N4O4S/c1-20(18,19)11-6-9(15(16)17)2-3-10(11)12-7-8-4-5-13-14-8/h2-6,12H,7H2,1H3,(H,13,14). The Hall–Kier alpha value is -2.42. The molecule has 0 amide bonds. The van der Waals surface area contributed by atoms with Gasteiger partial charge in [0.2, 0.25) is 0 Å². The molecule has 0 saturated heterocycles. The molecule has 0 unspecified atom stereocenters. The molecule has 1 aromatic carbocycles. The number of rotatable bonds is 5. The molecule has 2 N–H and O–H groups in total. The molecule has 2 rings (SSSR count). The number of aromatic amines is 1. The molecule has 2 aromatic rings. The zero-order valence-electron chi connectivity index (χ0n) is 10.5. The molecule has 106 valence electrons. The van der Waals surface area contributed by atoms with E-state index in [2.05, 4.69) is 15.5 Å². The quantitative estimate of drug-likeness (QED) is 0.634. The molecule has 0 bridgehead atoms. The number of aromatic nitrogens is 2. The average molecular weight is 296 g/mol. The van der Waals surface area contributed by atoms with Gasteiger partial charge in [0.05, 0.1) is 27.7 Å². The van der Waals surface area contributed by atoms with Crippen molar-refractivity contribution >= 4 is 21.2 Å². The van der Waals surface area contributed by atoms with Crippen molar-refractivity contribution in [2.45, 2.75) is 11.4 Å². The first-order valence-corrected chi connectivity index (χ1v) is 7.47. The predicted octanol–water partition coefficient (Wildman–Crippen LogP) is 1.33. The van der Waals surface area contributed by atoms with E-state index in [0.717, 1.165) is 18.0 Å². The van der Waals surface area contributed by atoms with Gasteiger partial charge in [-0.1, -0.05) is 0 Å². The summed E-state index contributed by atoms with van der Waals surface area (Å²) in [6.07, 6.45) is 2.58. The Bertz CT molecular complexity index is 725. The van der Waals surface area contributed by atoms with Crippen LogP contribution in [0.2, 0.25) is 0 Å². The molecule has 1 heterocycles. The minimum absolute atomic E-state index is 0.105. The van der Waals surface area contributed by atoms with Gasteiger partial charge in [0, 0.05) is 24.6 Å². The van der Waals surface area contributed by atoms with Crippen LogP contribution in [0.4, 0.5) is 11.4 Å². The van der Waals surface area contributed by atoms with Crippen LogP contribution < -0.4 is 5.32 Å². The highest BCUT2D eigenvalue weighted by atomic mass is 32.2. The topological polar surface area (TPSA) is 118 Å². The number of nitro groups is 1. The number of nitro benzene ring substituents is 1. The maximum Gasteiger partial charge on any atom is 0.270 e. The van der Waals surface area contributed by atoms with Crippen molar-refractivity contribution in [3.63, 3.8) is 0 Å². The summed E-state index contributed by atoms with van der Waals surface area (Å²) in [5.74, 6) is 0. The van der Waals surface area contributed by atoms with Gasteiger partial charge >= 0.3 is 0 Å². The summed E-state index contributed by atoms with van der Waals surface area (Å²) >= 11 is 0. The number of non-ortho nitro benzene ring substituents is 1.